The molecule has 2 amide bonds. The molecule has 2 aliphatic heterocycles. The predicted octanol–water partition coefficient (Wildman–Crippen LogP) is -0.497. The van der Waals surface area contributed by atoms with Crippen molar-refractivity contribution in [1.82, 2.24) is 24.7 Å². The number of piperidine rings is 1. The molecule has 2 aromatic rings. The number of fused-ring (bicyclic) bond motifs is 1. The number of hydrogen-bond acceptors (Lipinski definition) is 5. The first-order chi connectivity index (χ1) is 14.0. The van der Waals surface area contributed by atoms with Crippen molar-refractivity contribution in [3.63, 3.8) is 0 Å². The summed E-state index contributed by atoms with van der Waals surface area (Å²) in [5.74, 6) is 0.0428. The van der Waals surface area contributed by atoms with Gasteiger partial charge in [0.15, 0.2) is 0 Å². The second-order valence-electron chi connectivity index (χ2n) is 7.58. The van der Waals surface area contributed by atoms with Crippen LogP contribution in [0.2, 0.25) is 0 Å². The van der Waals surface area contributed by atoms with Crippen LogP contribution >= 0.6 is 0 Å². The number of aromatic nitrogens is 2. The van der Waals surface area contributed by atoms with E-state index in [2.05, 4.69) is 10.3 Å². The molecule has 0 saturated carbocycles. The Morgan fingerprint density at radius 2 is 1.97 bits per heavy atom. The maximum atomic E-state index is 12.8. The molecule has 4 rings (SSSR count). The third-order valence-corrected chi connectivity index (χ3v) is 5.77. The zero-order valence-corrected chi connectivity index (χ0v) is 16.2. The van der Waals surface area contributed by atoms with E-state index >= 15 is 0 Å². The van der Waals surface area contributed by atoms with Gasteiger partial charge < -0.3 is 15.1 Å². The lowest BCUT2D eigenvalue weighted by Gasteiger charge is -2.41. The molecule has 0 radical (unpaired) electrons. The number of para-hydroxylation sites is 1. The molecule has 1 atom stereocenters. The van der Waals surface area contributed by atoms with Crippen LogP contribution in [0.25, 0.3) is 10.9 Å². The molecule has 9 heteroatoms. The molecular weight excluding hydrogens is 374 g/mol. The SMILES string of the molecule is O=C(CCn1c(=O)[nH]c(=O)c2ccccc21)N1CCCC(N2CCNCC2=O)C1. The van der Waals surface area contributed by atoms with E-state index in [1.165, 1.54) is 4.57 Å². The minimum atomic E-state index is -0.510. The fraction of sp³-hybridized carbons (Fsp3) is 0.500. The first-order valence-electron chi connectivity index (χ1n) is 10.0. The average Bonchev–Trinajstić information content (AvgIpc) is 2.74. The van der Waals surface area contributed by atoms with Gasteiger partial charge in [-0.2, -0.15) is 0 Å². The van der Waals surface area contributed by atoms with Crippen LogP contribution in [0.1, 0.15) is 19.3 Å². The van der Waals surface area contributed by atoms with Crippen LogP contribution in [-0.4, -0.2) is 69.9 Å². The van der Waals surface area contributed by atoms with E-state index in [4.69, 9.17) is 0 Å². The number of carbonyl (C=O) groups is 2. The third kappa shape index (κ3) is 3.95. The zero-order chi connectivity index (χ0) is 20.4. The molecule has 2 saturated heterocycles. The number of rotatable bonds is 4. The summed E-state index contributed by atoms with van der Waals surface area (Å²) in [5.41, 5.74) is -0.408. The van der Waals surface area contributed by atoms with Crippen molar-refractivity contribution in [2.24, 2.45) is 0 Å². The largest absolute Gasteiger partial charge is 0.341 e. The number of H-pyrrole nitrogens is 1. The topological polar surface area (TPSA) is 108 Å². The highest BCUT2D eigenvalue weighted by molar-refractivity contribution is 5.80. The van der Waals surface area contributed by atoms with Gasteiger partial charge in [0.25, 0.3) is 5.56 Å². The number of nitrogens with one attached hydrogen (secondary N) is 2. The third-order valence-electron chi connectivity index (χ3n) is 5.77. The smallest absolute Gasteiger partial charge is 0.328 e. The van der Waals surface area contributed by atoms with Crippen molar-refractivity contribution >= 4 is 22.7 Å². The standard InChI is InChI=1S/C20H25N5O4/c26-17(23-9-3-4-14(13-23)24-11-8-21-12-18(24)27)7-10-25-16-6-2-1-5-15(16)19(28)22-20(25)29/h1-2,5-6,14,21H,3-4,7-13H2,(H,22,28,29). The molecule has 1 aromatic carbocycles. The fourth-order valence-corrected chi connectivity index (χ4v) is 4.27. The summed E-state index contributed by atoms with van der Waals surface area (Å²) >= 11 is 0. The number of aryl methyl sites for hydroxylation is 1. The highest BCUT2D eigenvalue weighted by Crippen LogP contribution is 2.18. The Bertz CT molecular complexity index is 1040. The second kappa shape index (κ2) is 8.20. The summed E-state index contributed by atoms with van der Waals surface area (Å²) in [4.78, 5) is 55.2. The summed E-state index contributed by atoms with van der Waals surface area (Å²) in [7, 11) is 0. The van der Waals surface area contributed by atoms with Crippen molar-refractivity contribution in [3.05, 3.63) is 45.1 Å². The average molecular weight is 399 g/mol. The van der Waals surface area contributed by atoms with Gasteiger partial charge in [0, 0.05) is 45.2 Å². The number of piperazine rings is 1. The van der Waals surface area contributed by atoms with E-state index in [1.54, 1.807) is 29.2 Å². The first-order valence-corrected chi connectivity index (χ1v) is 10.0. The minimum Gasteiger partial charge on any atom is -0.341 e. The summed E-state index contributed by atoms with van der Waals surface area (Å²) in [6, 6.07) is 6.93. The van der Waals surface area contributed by atoms with E-state index in [0.717, 1.165) is 19.4 Å². The number of hydrogen-bond donors (Lipinski definition) is 2. The maximum absolute atomic E-state index is 12.8. The Balaban J connectivity index is 1.45. The fourth-order valence-electron chi connectivity index (χ4n) is 4.27. The lowest BCUT2D eigenvalue weighted by Crippen LogP contribution is -2.57. The molecule has 9 nitrogen and oxygen atoms in total. The lowest BCUT2D eigenvalue weighted by atomic mass is 10.0. The molecule has 1 unspecified atom stereocenters. The van der Waals surface area contributed by atoms with Crippen LogP contribution in [-0.2, 0) is 16.1 Å². The minimum absolute atomic E-state index is 0.0422. The maximum Gasteiger partial charge on any atom is 0.328 e. The van der Waals surface area contributed by atoms with Gasteiger partial charge in [0.05, 0.1) is 17.4 Å². The van der Waals surface area contributed by atoms with Crippen LogP contribution in [0.4, 0.5) is 0 Å². The Morgan fingerprint density at radius 3 is 2.79 bits per heavy atom. The van der Waals surface area contributed by atoms with Gasteiger partial charge in [-0.15, -0.1) is 0 Å². The van der Waals surface area contributed by atoms with Gasteiger partial charge in [-0.3, -0.25) is 23.9 Å². The van der Waals surface area contributed by atoms with Gasteiger partial charge in [-0.25, -0.2) is 4.79 Å². The second-order valence-corrected chi connectivity index (χ2v) is 7.58. The number of benzene rings is 1. The molecule has 2 fully saturated rings. The Morgan fingerprint density at radius 1 is 1.14 bits per heavy atom. The molecule has 29 heavy (non-hydrogen) atoms. The number of nitrogens with zero attached hydrogens (tertiary/aromatic N) is 3. The lowest BCUT2D eigenvalue weighted by molar-refractivity contribution is -0.140. The van der Waals surface area contributed by atoms with Gasteiger partial charge >= 0.3 is 5.69 Å². The van der Waals surface area contributed by atoms with E-state index in [-0.39, 0.29) is 30.8 Å². The van der Waals surface area contributed by atoms with E-state index in [1.807, 2.05) is 4.90 Å². The molecule has 0 bridgehead atoms. The van der Waals surface area contributed by atoms with Crippen LogP contribution in [0.3, 0.4) is 0 Å². The quantitative estimate of drug-likeness (QED) is 0.721. The normalized spacial score (nSPS) is 20.3. The van der Waals surface area contributed by atoms with E-state index in [9.17, 15) is 19.2 Å². The Hall–Kier alpha value is -2.94. The first kappa shape index (κ1) is 19.4. The van der Waals surface area contributed by atoms with Crippen molar-refractivity contribution < 1.29 is 9.59 Å². The Kier molecular flexibility index (Phi) is 5.48. The zero-order valence-electron chi connectivity index (χ0n) is 16.2. The predicted molar refractivity (Wildman–Crippen MR) is 108 cm³/mol. The van der Waals surface area contributed by atoms with Crippen LogP contribution in [0.5, 0.6) is 0 Å². The molecule has 3 heterocycles. The highest BCUT2D eigenvalue weighted by atomic mass is 16.2. The molecule has 154 valence electrons. The highest BCUT2D eigenvalue weighted by Gasteiger charge is 2.31. The van der Waals surface area contributed by atoms with Crippen molar-refractivity contribution in [1.29, 1.82) is 0 Å². The van der Waals surface area contributed by atoms with Gasteiger partial charge in [-0.1, -0.05) is 12.1 Å². The number of carbonyl (C=O) groups excluding carboxylic acids is 2. The van der Waals surface area contributed by atoms with Crippen molar-refractivity contribution in [3.8, 4) is 0 Å². The monoisotopic (exact) mass is 399 g/mol. The number of amides is 2. The van der Waals surface area contributed by atoms with Gasteiger partial charge in [0.2, 0.25) is 11.8 Å². The molecular formula is C20H25N5O4. The van der Waals surface area contributed by atoms with Crippen LogP contribution in [0.15, 0.2) is 33.9 Å². The van der Waals surface area contributed by atoms with Crippen LogP contribution < -0.4 is 16.6 Å². The molecule has 0 spiro atoms. The molecule has 1 aromatic heterocycles. The van der Waals surface area contributed by atoms with Crippen molar-refractivity contribution in [2.45, 2.75) is 31.8 Å². The van der Waals surface area contributed by atoms with Crippen molar-refractivity contribution in [2.75, 3.05) is 32.7 Å². The molecule has 2 N–H and O–H groups in total. The summed E-state index contributed by atoms with van der Waals surface area (Å²) in [6.07, 6.45) is 1.92. The number of likely N-dealkylation sites (tertiary alicyclic amines) is 1. The Labute approximate surface area is 167 Å². The summed E-state index contributed by atoms with van der Waals surface area (Å²) in [5, 5.41) is 3.50. The van der Waals surface area contributed by atoms with Gasteiger partial charge in [-0.05, 0) is 25.0 Å². The van der Waals surface area contributed by atoms with E-state index < -0.39 is 11.2 Å². The van der Waals surface area contributed by atoms with Gasteiger partial charge in [0.1, 0.15) is 0 Å². The summed E-state index contributed by atoms with van der Waals surface area (Å²) in [6.45, 7) is 3.20. The molecule has 2 aliphatic rings. The van der Waals surface area contributed by atoms with E-state index in [0.29, 0.717) is 37.1 Å². The van der Waals surface area contributed by atoms with Crippen LogP contribution in [0, 0.1) is 0 Å². The molecule has 0 aliphatic carbocycles. The number of aromatic amines is 1. The summed E-state index contributed by atoms with van der Waals surface area (Å²) < 4.78 is 1.44.